The Kier molecular flexibility index (Phi) is 8.71. The van der Waals surface area contributed by atoms with Crippen LogP contribution in [0.25, 0.3) is 11.3 Å². The maximum atomic E-state index is 13.6. The Morgan fingerprint density at radius 3 is 2.45 bits per heavy atom. The number of aryl methyl sites for hydroxylation is 1. The molecular formula is C25H26F5IN4O2S. The first kappa shape index (κ1) is 30.1. The van der Waals surface area contributed by atoms with Crippen molar-refractivity contribution in [2.45, 2.75) is 44.5 Å². The Balaban J connectivity index is 2.16. The molecule has 1 aromatic heterocycles. The van der Waals surface area contributed by atoms with E-state index in [-0.39, 0.29) is 10.2 Å². The predicted molar refractivity (Wildman–Crippen MR) is 145 cm³/mol. The van der Waals surface area contributed by atoms with Crippen LogP contribution in [0.4, 0.5) is 22.0 Å². The molecule has 2 aromatic rings. The number of carbonyl (C=O) groups is 2. The van der Waals surface area contributed by atoms with Gasteiger partial charge in [-0.15, -0.1) is 0 Å². The summed E-state index contributed by atoms with van der Waals surface area (Å²) in [7, 11) is 0. The maximum Gasteiger partial charge on any atom is 0.435 e. The third kappa shape index (κ3) is 5.77. The topological polar surface area (TPSA) is 90.0 Å². The summed E-state index contributed by atoms with van der Waals surface area (Å²) in [5.41, 5.74) is 2.53. The molecule has 0 saturated heterocycles. The second-order valence-corrected chi connectivity index (χ2v) is 11.7. The third-order valence-corrected chi connectivity index (χ3v) is 8.15. The average Bonchev–Trinajstić information content (AvgIpc) is 3.24. The van der Waals surface area contributed by atoms with Crippen molar-refractivity contribution in [3.63, 3.8) is 0 Å². The molecule has 13 heteroatoms. The van der Waals surface area contributed by atoms with E-state index in [1.54, 1.807) is 30.8 Å². The lowest BCUT2D eigenvalue weighted by Gasteiger charge is -2.40. The number of carbonyl (C=O) groups excluding carboxylic acids is 2. The van der Waals surface area contributed by atoms with E-state index in [1.807, 2.05) is 42.7 Å². The monoisotopic (exact) mass is 668 g/mol. The molecule has 2 unspecified atom stereocenters. The van der Waals surface area contributed by atoms with Gasteiger partial charge in [-0.1, -0.05) is 30.4 Å². The van der Waals surface area contributed by atoms with E-state index in [0.717, 1.165) is 0 Å². The first-order chi connectivity index (χ1) is 17.5. The molecule has 206 valence electrons. The molecule has 3 rings (SSSR count). The first-order valence-electron chi connectivity index (χ1n) is 11.3. The van der Waals surface area contributed by atoms with Gasteiger partial charge >= 0.3 is 12.7 Å². The second-order valence-electron chi connectivity index (χ2n) is 9.55. The van der Waals surface area contributed by atoms with Gasteiger partial charge in [-0.2, -0.15) is 38.8 Å². The zero-order valence-electron chi connectivity index (χ0n) is 20.9. The number of nitrogens with two attached hydrogens (primary N) is 1. The molecule has 6 nitrogen and oxygen atoms in total. The lowest BCUT2D eigenvalue weighted by molar-refractivity contribution is -0.142. The zero-order chi connectivity index (χ0) is 28.6. The number of thioether (sulfide) groups is 1. The van der Waals surface area contributed by atoms with Crippen LogP contribution in [-0.2, 0) is 21.2 Å². The van der Waals surface area contributed by atoms with Crippen molar-refractivity contribution in [1.29, 1.82) is 0 Å². The second kappa shape index (κ2) is 11.0. The molecule has 1 aliphatic carbocycles. The Hall–Kier alpha value is -2.42. The van der Waals surface area contributed by atoms with E-state index in [1.165, 1.54) is 24.3 Å². The van der Waals surface area contributed by atoms with Crippen LogP contribution in [-0.4, -0.2) is 39.1 Å². The van der Waals surface area contributed by atoms with Crippen LogP contribution in [0.15, 0.2) is 46.1 Å². The molecule has 2 atom stereocenters. The molecule has 0 saturated carbocycles. The number of allylic oxidation sites excluding steroid dienone is 2. The number of rotatable bonds is 8. The van der Waals surface area contributed by atoms with Crippen LogP contribution < -0.4 is 11.1 Å². The third-order valence-electron chi connectivity index (χ3n) is 6.16. The van der Waals surface area contributed by atoms with Crippen molar-refractivity contribution in [2.75, 3.05) is 12.0 Å². The number of aromatic nitrogens is 2. The van der Waals surface area contributed by atoms with Gasteiger partial charge in [0, 0.05) is 20.4 Å². The highest BCUT2D eigenvalue weighted by Crippen LogP contribution is 2.45. The summed E-state index contributed by atoms with van der Waals surface area (Å²) < 4.78 is 67.2. The van der Waals surface area contributed by atoms with Crippen molar-refractivity contribution in [3.8, 4) is 11.3 Å². The van der Waals surface area contributed by atoms with Crippen LogP contribution in [0, 0.1) is 12.8 Å². The quantitative estimate of drug-likeness (QED) is 0.277. The van der Waals surface area contributed by atoms with Gasteiger partial charge in [0.25, 0.3) is 0 Å². The van der Waals surface area contributed by atoms with Crippen LogP contribution >= 0.6 is 34.4 Å². The van der Waals surface area contributed by atoms with Crippen molar-refractivity contribution in [1.82, 2.24) is 15.1 Å². The van der Waals surface area contributed by atoms with Gasteiger partial charge in [-0.05, 0) is 72.9 Å². The standard InChI is InChI=1S/C25H26F5IN4O2S/c1-13-10-14(17-11-18(25(28,29)30)34-35(17)22(26)27)7-8-15(13)24(21(32)37)9-5-6-16(31)19(24)20(36)33-23(2,3)12-38-4/h5-11,19,22H,12H2,1-4H3,(H2,32,37)(H,33,36). The maximum absolute atomic E-state index is 13.6. The largest absolute Gasteiger partial charge is 0.435 e. The zero-order valence-corrected chi connectivity index (χ0v) is 23.8. The van der Waals surface area contributed by atoms with Crippen molar-refractivity contribution < 1.29 is 31.5 Å². The minimum atomic E-state index is -4.92. The summed E-state index contributed by atoms with van der Waals surface area (Å²) in [6.45, 7) is 1.96. The average molecular weight is 668 g/mol. The highest BCUT2D eigenvalue weighted by atomic mass is 127. The molecule has 0 bridgehead atoms. The Labute approximate surface area is 234 Å². The SMILES string of the molecule is CSCC(C)(C)NC(=O)C1C(I)=CC=CC1(C(N)=O)c1ccc(-c2cc(C(F)(F)F)nn2C(F)F)cc1C. The summed E-state index contributed by atoms with van der Waals surface area (Å²) >= 11 is 3.52. The fourth-order valence-electron chi connectivity index (χ4n) is 4.62. The van der Waals surface area contributed by atoms with Crippen LogP contribution in [0.2, 0.25) is 0 Å². The molecule has 0 fully saturated rings. The number of halogens is 6. The molecule has 0 radical (unpaired) electrons. The van der Waals surface area contributed by atoms with E-state index >= 15 is 0 Å². The number of primary amides is 1. The fraction of sp³-hybridized carbons (Fsp3) is 0.400. The van der Waals surface area contributed by atoms with Gasteiger partial charge in [0.05, 0.1) is 11.6 Å². The Bertz CT molecular complexity index is 1310. The molecule has 1 heterocycles. The molecular weight excluding hydrogens is 642 g/mol. The van der Waals surface area contributed by atoms with Crippen molar-refractivity contribution in [3.05, 3.63) is 62.9 Å². The summed E-state index contributed by atoms with van der Waals surface area (Å²) in [5, 5.41) is 6.01. The van der Waals surface area contributed by atoms with Gasteiger partial charge in [-0.25, -0.2) is 4.68 Å². The van der Waals surface area contributed by atoms with Crippen LogP contribution in [0.3, 0.4) is 0 Å². The number of benzene rings is 1. The summed E-state index contributed by atoms with van der Waals surface area (Å²) in [4.78, 5) is 26.7. The summed E-state index contributed by atoms with van der Waals surface area (Å²) in [6, 6.07) is 4.66. The van der Waals surface area contributed by atoms with Crippen molar-refractivity contribution >= 4 is 46.2 Å². The molecule has 1 aliphatic rings. The fourth-order valence-corrected chi connectivity index (χ4v) is 6.40. The highest BCUT2D eigenvalue weighted by molar-refractivity contribution is 14.1. The molecule has 38 heavy (non-hydrogen) atoms. The van der Waals surface area contributed by atoms with E-state index in [9.17, 15) is 31.5 Å². The van der Waals surface area contributed by atoms with Crippen LogP contribution in [0.1, 0.15) is 37.2 Å². The van der Waals surface area contributed by atoms with Gasteiger partial charge < -0.3 is 11.1 Å². The Morgan fingerprint density at radius 2 is 1.92 bits per heavy atom. The number of amides is 2. The van der Waals surface area contributed by atoms with E-state index in [2.05, 4.69) is 10.4 Å². The minimum Gasteiger partial charge on any atom is -0.369 e. The smallest absolute Gasteiger partial charge is 0.369 e. The number of nitrogens with one attached hydrogen (secondary N) is 1. The van der Waals surface area contributed by atoms with E-state index < -0.39 is 52.8 Å². The number of alkyl halides is 5. The lowest BCUT2D eigenvalue weighted by atomic mass is 9.65. The minimum absolute atomic E-state index is 0.00259. The molecule has 0 aliphatic heterocycles. The predicted octanol–water partition coefficient (Wildman–Crippen LogP) is 5.76. The summed E-state index contributed by atoms with van der Waals surface area (Å²) in [5.74, 6) is -1.66. The first-order valence-corrected chi connectivity index (χ1v) is 13.7. The molecule has 2 amide bonds. The van der Waals surface area contributed by atoms with Gasteiger partial charge in [0.15, 0.2) is 5.69 Å². The van der Waals surface area contributed by atoms with Crippen molar-refractivity contribution in [2.24, 2.45) is 11.7 Å². The molecule has 3 N–H and O–H groups in total. The summed E-state index contributed by atoms with van der Waals surface area (Å²) in [6.07, 6.45) is 1.81. The molecule has 0 spiro atoms. The van der Waals surface area contributed by atoms with E-state index in [0.29, 0.717) is 26.5 Å². The highest BCUT2D eigenvalue weighted by Gasteiger charge is 2.51. The van der Waals surface area contributed by atoms with Gasteiger partial charge in [0.1, 0.15) is 5.41 Å². The van der Waals surface area contributed by atoms with Crippen LogP contribution in [0.5, 0.6) is 0 Å². The lowest BCUT2D eigenvalue weighted by Crippen LogP contribution is -2.56. The van der Waals surface area contributed by atoms with E-state index in [4.69, 9.17) is 5.73 Å². The van der Waals surface area contributed by atoms with Gasteiger partial charge in [-0.3, -0.25) is 9.59 Å². The Morgan fingerprint density at radius 1 is 1.26 bits per heavy atom. The number of nitrogens with zero attached hydrogens (tertiary/aromatic N) is 2. The number of hydrogen-bond acceptors (Lipinski definition) is 4. The normalized spacial score (nSPS) is 20.0. The van der Waals surface area contributed by atoms with Gasteiger partial charge in [0.2, 0.25) is 11.8 Å². The number of hydrogen-bond donors (Lipinski definition) is 2. The molecule has 1 aromatic carbocycles.